The Bertz CT molecular complexity index is 342. The van der Waals surface area contributed by atoms with Crippen LogP contribution in [0.1, 0.15) is 25.3 Å². The van der Waals surface area contributed by atoms with E-state index in [2.05, 4.69) is 19.1 Å². The summed E-state index contributed by atoms with van der Waals surface area (Å²) in [4.78, 5) is 0. The lowest BCUT2D eigenvalue weighted by molar-refractivity contribution is 0.329. The molecule has 1 unspecified atom stereocenters. The highest BCUT2D eigenvalue weighted by molar-refractivity contribution is 6.22. The van der Waals surface area contributed by atoms with E-state index in [9.17, 15) is 0 Å². The summed E-state index contributed by atoms with van der Waals surface area (Å²) >= 11 is 5.63. The highest BCUT2D eigenvalue weighted by atomic mass is 35.5. The number of ether oxygens (including phenoxy) is 1. The van der Waals surface area contributed by atoms with Gasteiger partial charge in [0.2, 0.25) is 0 Å². The van der Waals surface area contributed by atoms with Crippen LogP contribution < -0.4 is 4.74 Å². The number of hydrogen-bond acceptors (Lipinski definition) is 2. The Balaban J connectivity index is 2.42. The molecule has 1 aromatic carbocycles. The zero-order valence-corrected chi connectivity index (χ0v) is 10.2. The average Bonchev–Trinajstić information content (AvgIpc) is 2.34. The van der Waals surface area contributed by atoms with Gasteiger partial charge in [0, 0.05) is 0 Å². The third-order valence-electron chi connectivity index (χ3n) is 2.28. The summed E-state index contributed by atoms with van der Waals surface area (Å²) in [5.74, 6) is 0.765. The normalized spacial score (nSPS) is 11.8. The van der Waals surface area contributed by atoms with Crippen LogP contribution in [0.5, 0.6) is 5.75 Å². The van der Waals surface area contributed by atoms with Crippen molar-refractivity contribution in [3.8, 4) is 11.8 Å². The maximum absolute atomic E-state index is 8.49. The van der Waals surface area contributed by atoms with E-state index in [0.29, 0.717) is 0 Å². The Morgan fingerprint density at radius 2 is 2.06 bits per heavy atom. The number of rotatable bonds is 6. The lowest BCUT2D eigenvalue weighted by Gasteiger charge is -2.07. The van der Waals surface area contributed by atoms with Crippen molar-refractivity contribution in [1.29, 1.82) is 5.26 Å². The van der Waals surface area contributed by atoms with Crippen molar-refractivity contribution in [2.24, 2.45) is 0 Å². The Labute approximate surface area is 102 Å². The van der Waals surface area contributed by atoms with Crippen molar-refractivity contribution in [3.63, 3.8) is 0 Å². The van der Waals surface area contributed by atoms with E-state index in [-0.39, 0.29) is 6.61 Å². The smallest absolute Gasteiger partial charge is 0.154 e. The second-order valence-corrected chi connectivity index (χ2v) is 4.18. The molecule has 0 saturated heterocycles. The van der Waals surface area contributed by atoms with E-state index in [1.54, 1.807) is 0 Å². The molecule has 0 heterocycles. The van der Waals surface area contributed by atoms with Crippen LogP contribution in [0.2, 0.25) is 0 Å². The number of aryl methyl sites for hydroxylation is 1. The predicted molar refractivity (Wildman–Crippen MR) is 65.8 cm³/mol. The minimum atomic E-state index is -0.584. The van der Waals surface area contributed by atoms with Gasteiger partial charge < -0.3 is 4.74 Å². The topological polar surface area (TPSA) is 33.0 Å². The summed E-state index contributed by atoms with van der Waals surface area (Å²) < 4.78 is 5.36. The maximum atomic E-state index is 8.49. The van der Waals surface area contributed by atoms with Gasteiger partial charge in [0.05, 0.1) is 6.07 Å². The predicted octanol–water partition coefficient (Wildman–Crippen LogP) is 3.54. The van der Waals surface area contributed by atoms with Crippen LogP contribution in [0.3, 0.4) is 0 Å². The van der Waals surface area contributed by atoms with Crippen LogP contribution >= 0.6 is 11.6 Å². The lowest BCUT2D eigenvalue weighted by atomic mass is 10.1. The molecule has 0 bridgehead atoms. The Hall–Kier alpha value is -1.20. The van der Waals surface area contributed by atoms with Crippen molar-refractivity contribution in [2.75, 3.05) is 6.61 Å². The molecule has 0 aliphatic carbocycles. The van der Waals surface area contributed by atoms with Gasteiger partial charge in [0.15, 0.2) is 5.38 Å². The van der Waals surface area contributed by atoms with Gasteiger partial charge in [0.25, 0.3) is 0 Å². The van der Waals surface area contributed by atoms with E-state index >= 15 is 0 Å². The maximum Gasteiger partial charge on any atom is 0.154 e. The molecule has 86 valence electrons. The molecular weight excluding hydrogens is 222 g/mol. The summed E-state index contributed by atoms with van der Waals surface area (Å²) in [6.45, 7) is 2.41. The van der Waals surface area contributed by atoms with E-state index in [1.165, 1.54) is 18.4 Å². The summed E-state index contributed by atoms with van der Waals surface area (Å²) in [5, 5.41) is 7.91. The third kappa shape index (κ3) is 4.55. The van der Waals surface area contributed by atoms with Crippen LogP contribution in [0.25, 0.3) is 0 Å². The molecule has 16 heavy (non-hydrogen) atoms. The molecule has 2 nitrogen and oxygen atoms in total. The Kier molecular flexibility index (Phi) is 5.74. The minimum absolute atomic E-state index is 0.229. The number of nitriles is 1. The largest absolute Gasteiger partial charge is 0.491 e. The fraction of sp³-hybridized carbons (Fsp3) is 0.462. The van der Waals surface area contributed by atoms with Gasteiger partial charge in [-0.2, -0.15) is 5.26 Å². The van der Waals surface area contributed by atoms with E-state index in [1.807, 2.05) is 18.2 Å². The number of nitrogens with zero attached hydrogens (tertiary/aromatic N) is 1. The molecule has 1 rings (SSSR count). The van der Waals surface area contributed by atoms with Crippen molar-refractivity contribution in [2.45, 2.75) is 31.6 Å². The second-order valence-electron chi connectivity index (χ2n) is 3.66. The molecule has 1 atom stereocenters. The van der Waals surface area contributed by atoms with Crippen molar-refractivity contribution < 1.29 is 4.74 Å². The van der Waals surface area contributed by atoms with Gasteiger partial charge in [-0.3, -0.25) is 0 Å². The van der Waals surface area contributed by atoms with Crippen LogP contribution in [0.15, 0.2) is 24.3 Å². The molecule has 0 radical (unpaired) electrons. The second kappa shape index (κ2) is 7.14. The molecule has 0 aliphatic rings. The number of halogens is 1. The van der Waals surface area contributed by atoms with Crippen molar-refractivity contribution >= 4 is 11.6 Å². The average molecular weight is 238 g/mol. The number of hydrogen-bond donors (Lipinski definition) is 0. The first-order valence-corrected chi connectivity index (χ1v) is 5.95. The van der Waals surface area contributed by atoms with E-state index < -0.39 is 5.38 Å². The molecule has 0 spiro atoms. The Morgan fingerprint density at radius 3 is 2.62 bits per heavy atom. The number of unbranched alkanes of at least 4 members (excludes halogenated alkanes) is 1. The van der Waals surface area contributed by atoms with Crippen molar-refractivity contribution in [1.82, 2.24) is 0 Å². The van der Waals surface area contributed by atoms with Crippen molar-refractivity contribution in [3.05, 3.63) is 29.8 Å². The first kappa shape index (κ1) is 12.9. The van der Waals surface area contributed by atoms with Crippen LogP contribution in [-0.2, 0) is 6.42 Å². The number of benzene rings is 1. The molecule has 0 fully saturated rings. The summed E-state index contributed by atoms with van der Waals surface area (Å²) in [7, 11) is 0. The molecule has 0 aromatic heterocycles. The summed E-state index contributed by atoms with van der Waals surface area (Å²) in [6.07, 6.45) is 3.51. The van der Waals surface area contributed by atoms with Gasteiger partial charge in [-0.05, 0) is 30.5 Å². The van der Waals surface area contributed by atoms with E-state index in [0.717, 1.165) is 12.2 Å². The monoisotopic (exact) mass is 237 g/mol. The summed E-state index contributed by atoms with van der Waals surface area (Å²) in [5.41, 5.74) is 1.32. The highest BCUT2D eigenvalue weighted by Gasteiger charge is 2.02. The van der Waals surface area contributed by atoms with Crippen LogP contribution in [-0.4, -0.2) is 12.0 Å². The van der Waals surface area contributed by atoms with Gasteiger partial charge in [0.1, 0.15) is 12.4 Å². The standard InChI is InChI=1S/C13H16ClNO/c1-2-3-4-11-5-7-13(8-6-11)16-10-12(14)9-15/h5-8,12H,2-4,10H2,1H3. The van der Waals surface area contributed by atoms with E-state index in [4.69, 9.17) is 21.6 Å². The third-order valence-corrected chi connectivity index (χ3v) is 2.50. The van der Waals surface area contributed by atoms with Gasteiger partial charge in [-0.15, -0.1) is 11.6 Å². The SMILES string of the molecule is CCCCc1ccc(OCC(Cl)C#N)cc1. The highest BCUT2D eigenvalue weighted by Crippen LogP contribution is 2.14. The summed E-state index contributed by atoms with van der Waals surface area (Å²) in [6, 6.07) is 9.87. The fourth-order valence-electron chi connectivity index (χ4n) is 1.34. The minimum Gasteiger partial charge on any atom is -0.491 e. The molecule has 0 aliphatic heterocycles. The molecule has 1 aromatic rings. The molecule has 0 amide bonds. The zero-order chi connectivity index (χ0) is 11.8. The van der Waals surface area contributed by atoms with Crippen LogP contribution in [0, 0.1) is 11.3 Å². The first-order chi connectivity index (χ1) is 7.76. The Morgan fingerprint density at radius 1 is 1.38 bits per heavy atom. The molecule has 3 heteroatoms. The zero-order valence-electron chi connectivity index (χ0n) is 9.45. The molecule has 0 N–H and O–H groups in total. The number of alkyl halides is 1. The van der Waals surface area contributed by atoms with Gasteiger partial charge in [-0.25, -0.2) is 0 Å². The van der Waals surface area contributed by atoms with Crippen LogP contribution in [0.4, 0.5) is 0 Å². The van der Waals surface area contributed by atoms with Gasteiger partial charge in [-0.1, -0.05) is 25.5 Å². The lowest BCUT2D eigenvalue weighted by Crippen LogP contribution is -2.08. The first-order valence-electron chi connectivity index (χ1n) is 5.51. The fourth-order valence-corrected chi connectivity index (χ4v) is 1.40. The molecular formula is C13H16ClNO. The quantitative estimate of drug-likeness (QED) is 0.709. The molecule has 0 saturated carbocycles. The van der Waals surface area contributed by atoms with Gasteiger partial charge >= 0.3 is 0 Å².